The molecule has 0 aliphatic carbocycles. The highest BCUT2D eigenvalue weighted by Crippen LogP contribution is 2.09. The number of carbonyl (C=O) groups excluding carboxylic acids is 3. The Hall–Kier alpha value is -2.41. The molecule has 0 saturated heterocycles. The van der Waals surface area contributed by atoms with Gasteiger partial charge in [0.05, 0.1) is 13.1 Å². The number of anilines is 1. The van der Waals surface area contributed by atoms with Crippen LogP contribution in [-0.2, 0) is 19.1 Å². The van der Waals surface area contributed by atoms with E-state index in [1.54, 1.807) is 19.2 Å². The van der Waals surface area contributed by atoms with E-state index in [0.717, 1.165) is 5.56 Å². The van der Waals surface area contributed by atoms with Gasteiger partial charge in [-0.25, -0.2) is 0 Å². The summed E-state index contributed by atoms with van der Waals surface area (Å²) in [6.07, 6.45) is 1.36. The zero-order valence-corrected chi connectivity index (χ0v) is 16.7. The number of nitrogens with one attached hydrogen (secondary N) is 2. The van der Waals surface area contributed by atoms with Gasteiger partial charge in [-0.2, -0.15) is 0 Å². The van der Waals surface area contributed by atoms with Crippen molar-refractivity contribution in [2.45, 2.75) is 33.6 Å². The Kier molecular flexibility index (Phi) is 10.1. The Balaban J connectivity index is 2.50. The summed E-state index contributed by atoms with van der Waals surface area (Å²) in [6, 6.07) is 7.40. The van der Waals surface area contributed by atoms with E-state index in [9.17, 15) is 14.4 Å². The van der Waals surface area contributed by atoms with E-state index in [2.05, 4.69) is 10.6 Å². The maximum atomic E-state index is 12.4. The van der Waals surface area contributed by atoms with Gasteiger partial charge in [-0.15, -0.1) is 0 Å². The fraction of sp³-hybridized carbons (Fsp3) is 0.550. The van der Waals surface area contributed by atoms with Crippen molar-refractivity contribution in [2.24, 2.45) is 5.92 Å². The van der Waals surface area contributed by atoms with Gasteiger partial charge in [-0.1, -0.05) is 31.5 Å². The van der Waals surface area contributed by atoms with Crippen molar-refractivity contribution in [3.63, 3.8) is 0 Å². The number of methoxy groups -OCH3 is 1. The highest BCUT2D eigenvalue weighted by Gasteiger charge is 2.21. The summed E-state index contributed by atoms with van der Waals surface area (Å²) >= 11 is 0. The lowest BCUT2D eigenvalue weighted by molar-refractivity contribution is -0.139. The largest absolute Gasteiger partial charge is 0.385 e. The highest BCUT2D eigenvalue weighted by molar-refractivity contribution is 5.95. The molecule has 7 heteroatoms. The summed E-state index contributed by atoms with van der Waals surface area (Å²) in [4.78, 5) is 38.1. The van der Waals surface area contributed by atoms with Gasteiger partial charge in [0.25, 0.3) is 0 Å². The summed E-state index contributed by atoms with van der Waals surface area (Å²) in [5.41, 5.74) is 1.77. The van der Waals surface area contributed by atoms with Gasteiger partial charge >= 0.3 is 0 Å². The summed E-state index contributed by atoms with van der Waals surface area (Å²) in [7, 11) is 1.60. The van der Waals surface area contributed by atoms with Gasteiger partial charge in [-0.3, -0.25) is 14.4 Å². The zero-order valence-electron chi connectivity index (χ0n) is 16.7. The van der Waals surface area contributed by atoms with Crippen LogP contribution in [0, 0.1) is 12.8 Å². The maximum absolute atomic E-state index is 12.4. The molecule has 0 saturated carbocycles. The highest BCUT2D eigenvalue weighted by atomic mass is 16.5. The molecule has 1 aromatic rings. The summed E-state index contributed by atoms with van der Waals surface area (Å²) in [5.74, 6) is -0.882. The molecule has 2 N–H and O–H groups in total. The third-order valence-electron chi connectivity index (χ3n) is 4.24. The van der Waals surface area contributed by atoms with E-state index in [1.165, 1.54) is 4.90 Å². The molecule has 1 rings (SSSR count). The Labute approximate surface area is 161 Å². The Morgan fingerprint density at radius 3 is 2.41 bits per heavy atom. The molecule has 0 heterocycles. The molecule has 0 radical (unpaired) electrons. The van der Waals surface area contributed by atoms with Crippen molar-refractivity contribution in [1.29, 1.82) is 0 Å². The smallest absolute Gasteiger partial charge is 0.243 e. The Morgan fingerprint density at radius 2 is 1.81 bits per heavy atom. The number of carbonyl (C=O) groups is 3. The molecule has 0 spiro atoms. The molecular weight excluding hydrogens is 346 g/mol. The lowest BCUT2D eigenvalue weighted by atomic mass is 10.1. The maximum Gasteiger partial charge on any atom is 0.243 e. The second kappa shape index (κ2) is 12.1. The summed E-state index contributed by atoms with van der Waals surface area (Å²) in [6.45, 7) is 6.50. The fourth-order valence-electron chi connectivity index (χ4n) is 2.40. The van der Waals surface area contributed by atoms with E-state index in [1.807, 2.05) is 32.9 Å². The second-order valence-electron chi connectivity index (χ2n) is 6.61. The van der Waals surface area contributed by atoms with Gasteiger partial charge in [0, 0.05) is 31.9 Å². The lowest BCUT2D eigenvalue weighted by Crippen LogP contribution is -2.45. The fourth-order valence-corrected chi connectivity index (χ4v) is 2.40. The molecule has 27 heavy (non-hydrogen) atoms. The third kappa shape index (κ3) is 8.68. The topological polar surface area (TPSA) is 87.7 Å². The number of ether oxygens (including phenoxy) is 1. The average molecular weight is 377 g/mol. The van der Waals surface area contributed by atoms with Crippen molar-refractivity contribution >= 4 is 23.4 Å². The van der Waals surface area contributed by atoms with Crippen molar-refractivity contribution < 1.29 is 19.1 Å². The number of hydrogen-bond donors (Lipinski definition) is 2. The van der Waals surface area contributed by atoms with Crippen LogP contribution < -0.4 is 10.6 Å². The Morgan fingerprint density at radius 1 is 1.15 bits per heavy atom. The Bertz CT molecular complexity index is 616. The minimum Gasteiger partial charge on any atom is -0.385 e. The molecule has 0 fully saturated rings. The zero-order chi connectivity index (χ0) is 20.2. The van der Waals surface area contributed by atoms with Crippen molar-refractivity contribution in [2.75, 3.05) is 38.7 Å². The minimum atomic E-state index is -0.358. The van der Waals surface area contributed by atoms with Crippen LogP contribution in [0.2, 0.25) is 0 Å². The van der Waals surface area contributed by atoms with Gasteiger partial charge in [0.15, 0.2) is 0 Å². The van der Waals surface area contributed by atoms with Gasteiger partial charge in [-0.05, 0) is 31.9 Å². The number of aryl methyl sites for hydroxylation is 1. The molecular formula is C20H31N3O4. The number of nitrogens with zero attached hydrogens (tertiary/aromatic N) is 1. The van der Waals surface area contributed by atoms with Crippen LogP contribution in [0.15, 0.2) is 24.3 Å². The molecule has 1 atom stereocenters. The molecule has 0 aromatic heterocycles. The number of benzene rings is 1. The standard InChI is InChI=1S/C20H31N3O4/c1-5-16(3)20(26)23(11-6-12-27-4)14-19(25)21-13-18(24)22-17-9-7-15(2)8-10-17/h7-10,16H,5-6,11-14H2,1-4H3,(H,21,25)(H,22,24)/t16-/m0/s1. The van der Waals surface area contributed by atoms with Gasteiger partial charge in [0.2, 0.25) is 17.7 Å². The predicted molar refractivity (Wildman–Crippen MR) is 105 cm³/mol. The van der Waals surface area contributed by atoms with E-state index in [4.69, 9.17) is 4.74 Å². The first kappa shape index (κ1) is 22.6. The molecule has 7 nitrogen and oxygen atoms in total. The van der Waals surface area contributed by atoms with Crippen molar-refractivity contribution in [3.05, 3.63) is 29.8 Å². The first-order chi connectivity index (χ1) is 12.9. The first-order valence-corrected chi connectivity index (χ1v) is 9.28. The van der Waals surface area contributed by atoms with E-state index in [0.29, 0.717) is 31.7 Å². The average Bonchev–Trinajstić information content (AvgIpc) is 2.66. The number of hydrogen-bond acceptors (Lipinski definition) is 4. The van der Waals surface area contributed by atoms with Crippen LogP contribution in [0.25, 0.3) is 0 Å². The molecule has 0 aliphatic heterocycles. The van der Waals surface area contributed by atoms with Crippen LogP contribution >= 0.6 is 0 Å². The molecule has 1 aromatic carbocycles. The van der Waals surface area contributed by atoms with Crippen molar-refractivity contribution in [3.8, 4) is 0 Å². The number of amides is 3. The van der Waals surface area contributed by atoms with E-state index < -0.39 is 0 Å². The van der Waals surface area contributed by atoms with Crippen LogP contribution in [0.4, 0.5) is 5.69 Å². The lowest BCUT2D eigenvalue weighted by Gasteiger charge is -2.25. The summed E-state index contributed by atoms with van der Waals surface area (Å²) in [5, 5.41) is 5.29. The predicted octanol–water partition coefficient (Wildman–Crippen LogP) is 1.96. The third-order valence-corrected chi connectivity index (χ3v) is 4.24. The van der Waals surface area contributed by atoms with Crippen molar-refractivity contribution in [1.82, 2.24) is 10.2 Å². The van der Waals surface area contributed by atoms with Crippen LogP contribution in [0.3, 0.4) is 0 Å². The monoisotopic (exact) mass is 377 g/mol. The molecule has 0 unspecified atom stereocenters. The van der Waals surface area contributed by atoms with Gasteiger partial charge < -0.3 is 20.3 Å². The molecule has 150 valence electrons. The van der Waals surface area contributed by atoms with Crippen LogP contribution in [0.5, 0.6) is 0 Å². The van der Waals surface area contributed by atoms with E-state index in [-0.39, 0.29) is 36.7 Å². The molecule has 3 amide bonds. The quantitative estimate of drug-likeness (QED) is 0.577. The van der Waals surface area contributed by atoms with Crippen LogP contribution in [0.1, 0.15) is 32.3 Å². The van der Waals surface area contributed by atoms with E-state index >= 15 is 0 Å². The van der Waals surface area contributed by atoms with Crippen LogP contribution in [-0.4, -0.2) is 56.0 Å². The molecule has 0 bridgehead atoms. The first-order valence-electron chi connectivity index (χ1n) is 9.28. The summed E-state index contributed by atoms with van der Waals surface area (Å²) < 4.78 is 5.02. The number of rotatable bonds is 11. The minimum absolute atomic E-state index is 0.0622. The normalized spacial score (nSPS) is 11.6. The van der Waals surface area contributed by atoms with Gasteiger partial charge in [0.1, 0.15) is 0 Å². The SMILES string of the molecule is CC[C@H](C)C(=O)N(CCCOC)CC(=O)NCC(=O)Nc1ccc(C)cc1. The second-order valence-corrected chi connectivity index (χ2v) is 6.61. The molecule has 0 aliphatic rings.